The van der Waals surface area contributed by atoms with Crippen LogP contribution in [0, 0.1) is 11.3 Å². The van der Waals surface area contributed by atoms with Crippen LogP contribution in [0.3, 0.4) is 0 Å². The molecule has 0 bridgehead atoms. The number of piperidine rings is 1. The van der Waals surface area contributed by atoms with E-state index in [1.54, 1.807) is 0 Å². The quantitative estimate of drug-likeness (QED) is 0.820. The molecule has 1 rings (SSSR count). The minimum absolute atomic E-state index is 0.265. The predicted molar refractivity (Wildman–Crippen MR) is 76.1 cm³/mol. The largest absolute Gasteiger partial charge is 0.326 e. The first-order chi connectivity index (χ1) is 7.79. The van der Waals surface area contributed by atoms with Gasteiger partial charge in [-0.25, -0.2) is 0 Å². The molecule has 1 aliphatic heterocycles. The Morgan fingerprint density at radius 2 is 1.88 bits per heavy atom. The van der Waals surface area contributed by atoms with E-state index >= 15 is 0 Å². The van der Waals surface area contributed by atoms with Crippen molar-refractivity contribution >= 4 is 0 Å². The molecule has 2 nitrogen and oxygen atoms in total. The first-order valence-electron chi connectivity index (χ1n) is 7.30. The first-order valence-corrected chi connectivity index (χ1v) is 7.30. The molecule has 4 atom stereocenters. The Bertz CT molecular complexity index is 232. The molecule has 0 spiro atoms. The third-order valence-corrected chi connectivity index (χ3v) is 4.54. The summed E-state index contributed by atoms with van der Waals surface area (Å²) >= 11 is 0. The van der Waals surface area contributed by atoms with Gasteiger partial charge in [0.2, 0.25) is 0 Å². The molecule has 0 amide bonds. The van der Waals surface area contributed by atoms with E-state index in [4.69, 9.17) is 5.73 Å². The van der Waals surface area contributed by atoms with Crippen LogP contribution >= 0.6 is 0 Å². The molecule has 1 saturated heterocycles. The van der Waals surface area contributed by atoms with Crippen LogP contribution < -0.4 is 5.73 Å². The number of nitrogens with zero attached hydrogens (tertiary/aromatic N) is 1. The Balaban J connectivity index is 2.89. The Morgan fingerprint density at radius 3 is 2.35 bits per heavy atom. The number of nitrogens with two attached hydrogens (primary N) is 1. The van der Waals surface area contributed by atoms with Gasteiger partial charge in [0.25, 0.3) is 0 Å². The maximum Gasteiger partial charge on any atom is 0.0298 e. The Morgan fingerprint density at radius 1 is 1.29 bits per heavy atom. The molecule has 0 aromatic heterocycles. The van der Waals surface area contributed by atoms with Crippen molar-refractivity contribution in [3.8, 4) is 0 Å². The van der Waals surface area contributed by atoms with Crippen LogP contribution in [0.15, 0.2) is 0 Å². The van der Waals surface area contributed by atoms with Crippen LogP contribution in [0.25, 0.3) is 0 Å². The lowest BCUT2D eigenvalue weighted by Crippen LogP contribution is -2.59. The molecule has 1 aliphatic rings. The van der Waals surface area contributed by atoms with Crippen LogP contribution in [0.4, 0.5) is 0 Å². The van der Waals surface area contributed by atoms with E-state index in [0.29, 0.717) is 18.1 Å². The van der Waals surface area contributed by atoms with Crippen molar-refractivity contribution in [3.63, 3.8) is 0 Å². The molecular formula is C15H32N2. The minimum atomic E-state index is 0.265. The summed E-state index contributed by atoms with van der Waals surface area (Å²) in [6.07, 6.45) is 3.77. The van der Waals surface area contributed by atoms with E-state index < -0.39 is 0 Å². The second kappa shape index (κ2) is 5.71. The van der Waals surface area contributed by atoms with Gasteiger partial charge in [0.05, 0.1) is 0 Å². The van der Waals surface area contributed by atoms with Gasteiger partial charge in [-0.1, -0.05) is 34.6 Å². The smallest absolute Gasteiger partial charge is 0.0298 e. The maximum absolute atomic E-state index is 6.40. The fourth-order valence-electron chi connectivity index (χ4n) is 3.37. The first kappa shape index (κ1) is 15.0. The average Bonchev–Trinajstić information content (AvgIpc) is 2.22. The average molecular weight is 240 g/mol. The van der Waals surface area contributed by atoms with Gasteiger partial charge in [0.1, 0.15) is 0 Å². The van der Waals surface area contributed by atoms with Gasteiger partial charge in [0.15, 0.2) is 0 Å². The van der Waals surface area contributed by atoms with Gasteiger partial charge >= 0.3 is 0 Å². The van der Waals surface area contributed by atoms with Crippen LogP contribution in [-0.2, 0) is 0 Å². The summed E-state index contributed by atoms with van der Waals surface area (Å²) in [5.41, 5.74) is 6.66. The summed E-state index contributed by atoms with van der Waals surface area (Å²) in [6, 6.07) is 1.47. The van der Waals surface area contributed by atoms with E-state index in [0.717, 1.165) is 12.3 Å². The summed E-state index contributed by atoms with van der Waals surface area (Å²) in [6.45, 7) is 15.2. The van der Waals surface area contributed by atoms with E-state index in [9.17, 15) is 0 Å². The molecule has 0 saturated carbocycles. The highest BCUT2D eigenvalue weighted by Crippen LogP contribution is 2.34. The zero-order chi connectivity index (χ0) is 13.2. The highest BCUT2D eigenvalue weighted by atomic mass is 15.2. The summed E-state index contributed by atoms with van der Waals surface area (Å²) in [5, 5.41) is 0. The van der Waals surface area contributed by atoms with Crippen molar-refractivity contribution in [2.45, 2.75) is 78.9 Å². The van der Waals surface area contributed by atoms with E-state index in [2.05, 4.69) is 46.4 Å². The Labute approximate surface area is 108 Å². The molecule has 0 aromatic carbocycles. The van der Waals surface area contributed by atoms with Crippen molar-refractivity contribution in [1.82, 2.24) is 4.90 Å². The van der Waals surface area contributed by atoms with Gasteiger partial charge in [-0.3, -0.25) is 4.90 Å². The van der Waals surface area contributed by atoms with Gasteiger partial charge in [-0.2, -0.15) is 0 Å². The summed E-state index contributed by atoms with van der Waals surface area (Å²) in [7, 11) is 0. The van der Waals surface area contributed by atoms with Gasteiger partial charge < -0.3 is 5.73 Å². The predicted octanol–water partition coefficient (Wildman–Crippen LogP) is 3.26. The van der Waals surface area contributed by atoms with Crippen LogP contribution in [0.1, 0.15) is 60.8 Å². The van der Waals surface area contributed by atoms with Gasteiger partial charge in [-0.05, 0) is 44.1 Å². The van der Waals surface area contributed by atoms with Crippen molar-refractivity contribution in [3.05, 3.63) is 0 Å². The lowest BCUT2D eigenvalue weighted by molar-refractivity contribution is 0.00290. The molecule has 102 valence electrons. The molecule has 1 fully saturated rings. The second-order valence-corrected chi connectivity index (χ2v) is 6.98. The SMILES string of the molecule is CCC(N)C(N1CCCC(C)C1C)C(C)(C)C. The molecule has 2 heteroatoms. The molecular weight excluding hydrogens is 208 g/mol. The van der Waals surface area contributed by atoms with E-state index in [1.165, 1.54) is 19.4 Å². The fraction of sp³-hybridized carbons (Fsp3) is 1.00. The Kier molecular flexibility index (Phi) is 5.03. The van der Waals surface area contributed by atoms with Gasteiger partial charge in [-0.15, -0.1) is 0 Å². The maximum atomic E-state index is 6.40. The summed E-state index contributed by atoms with van der Waals surface area (Å²) in [4.78, 5) is 2.68. The monoisotopic (exact) mass is 240 g/mol. The molecule has 0 aliphatic carbocycles. The molecule has 2 N–H and O–H groups in total. The topological polar surface area (TPSA) is 29.3 Å². The van der Waals surface area contributed by atoms with Gasteiger partial charge in [0, 0.05) is 18.1 Å². The zero-order valence-corrected chi connectivity index (χ0v) is 12.7. The second-order valence-electron chi connectivity index (χ2n) is 6.98. The molecule has 4 unspecified atom stereocenters. The van der Waals surface area contributed by atoms with E-state index in [-0.39, 0.29) is 5.41 Å². The number of hydrogen-bond acceptors (Lipinski definition) is 2. The van der Waals surface area contributed by atoms with Crippen molar-refractivity contribution in [2.75, 3.05) is 6.54 Å². The van der Waals surface area contributed by atoms with Crippen molar-refractivity contribution in [1.29, 1.82) is 0 Å². The lowest BCUT2D eigenvalue weighted by atomic mass is 9.77. The zero-order valence-electron chi connectivity index (χ0n) is 12.7. The molecule has 0 aromatic rings. The number of likely N-dealkylation sites (tertiary alicyclic amines) is 1. The summed E-state index contributed by atoms with van der Waals surface area (Å²) < 4.78 is 0. The summed E-state index contributed by atoms with van der Waals surface area (Å²) in [5.74, 6) is 0.803. The van der Waals surface area contributed by atoms with Crippen molar-refractivity contribution < 1.29 is 0 Å². The molecule has 1 heterocycles. The molecule has 17 heavy (non-hydrogen) atoms. The molecule has 0 radical (unpaired) electrons. The Hall–Kier alpha value is -0.0800. The highest BCUT2D eigenvalue weighted by Gasteiger charge is 2.39. The number of rotatable bonds is 3. The standard InChI is InChI=1S/C15H32N2/c1-7-13(16)14(15(4,5)6)17-10-8-9-11(2)12(17)3/h11-14H,7-10,16H2,1-6H3. The normalized spacial score (nSPS) is 31.2. The fourth-order valence-corrected chi connectivity index (χ4v) is 3.37. The lowest BCUT2D eigenvalue weighted by Gasteiger charge is -2.50. The van der Waals surface area contributed by atoms with Crippen LogP contribution in [-0.4, -0.2) is 29.6 Å². The van der Waals surface area contributed by atoms with E-state index in [1.807, 2.05) is 0 Å². The van der Waals surface area contributed by atoms with Crippen LogP contribution in [0.2, 0.25) is 0 Å². The van der Waals surface area contributed by atoms with Crippen LogP contribution in [0.5, 0.6) is 0 Å². The number of hydrogen-bond donors (Lipinski definition) is 1. The third-order valence-electron chi connectivity index (χ3n) is 4.54. The van der Waals surface area contributed by atoms with Crippen molar-refractivity contribution in [2.24, 2.45) is 17.1 Å². The highest BCUT2D eigenvalue weighted by molar-refractivity contribution is 4.95. The third kappa shape index (κ3) is 3.45. The minimum Gasteiger partial charge on any atom is -0.326 e.